The van der Waals surface area contributed by atoms with Crippen LogP contribution in [-0.4, -0.2) is 0 Å². The molecule has 10 rings (SSSR count). The molecule has 8 aromatic rings. The largest absolute Gasteiger partial charge is 0.456 e. The van der Waals surface area contributed by atoms with E-state index in [4.69, 9.17) is 4.42 Å². The Morgan fingerprint density at radius 3 is 1.72 bits per heavy atom. The Kier molecular flexibility index (Phi) is 17.7. The summed E-state index contributed by atoms with van der Waals surface area (Å²) >= 11 is 0. The number of benzene rings is 7. The highest BCUT2D eigenvalue weighted by atomic mass is 16.3. The van der Waals surface area contributed by atoms with Crippen LogP contribution in [0.1, 0.15) is 112 Å². The Bertz CT molecular complexity index is 3060. The van der Waals surface area contributed by atoms with Gasteiger partial charge in [0.05, 0.1) is 5.41 Å². The third kappa shape index (κ3) is 10.8. The molecule has 0 aliphatic heterocycles. The van der Waals surface area contributed by atoms with Crippen molar-refractivity contribution in [2.45, 2.75) is 80.1 Å². The number of fused-ring (bicyclic) bond motifs is 6. The van der Waals surface area contributed by atoms with E-state index in [-0.39, 0.29) is 5.41 Å². The fraction of sp³-hybridized carbons (Fsp3) is 0.176. The van der Waals surface area contributed by atoms with Crippen LogP contribution in [0, 0.1) is 34.6 Å². The van der Waals surface area contributed by atoms with Crippen molar-refractivity contribution in [1.29, 1.82) is 0 Å². The van der Waals surface area contributed by atoms with Crippen LogP contribution in [0.5, 0.6) is 0 Å². The van der Waals surface area contributed by atoms with Crippen molar-refractivity contribution in [2.24, 2.45) is 0 Å². The average molecular weight is 903 g/mol. The molecule has 1 nitrogen and oxygen atoms in total. The Morgan fingerprint density at radius 1 is 0.580 bits per heavy atom. The first-order chi connectivity index (χ1) is 33.6. The predicted molar refractivity (Wildman–Crippen MR) is 303 cm³/mol. The van der Waals surface area contributed by atoms with Gasteiger partial charge in [-0.15, -0.1) is 0 Å². The van der Waals surface area contributed by atoms with Crippen molar-refractivity contribution in [3.05, 3.63) is 286 Å². The van der Waals surface area contributed by atoms with Crippen molar-refractivity contribution >= 4 is 34.8 Å². The Morgan fingerprint density at radius 2 is 1.16 bits per heavy atom. The Balaban J connectivity index is 0.000000171. The van der Waals surface area contributed by atoms with Crippen molar-refractivity contribution in [1.82, 2.24) is 0 Å². The molecule has 0 saturated heterocycles. The fourth-order valence-corrected chi connectivity index (χ4v) is 9.77. The molecule has 0 saturated carbocycles. The van der Waals surface area contributed by atoms with Crippen LogP contribution in [0.4, 0.5) is 0 Å². The molecule has 0 fully saturated rings. The summed E-state index contributed by atoms with van der Waals surface area (Å²) in [5.41, 5.74) is 22.2. The van der Waals surface area contributed by atoms with Gasteiger partial charge in [0.25, 0.3) is 0 Å². The molecule has 1 aromatic heterocycles. The molecule has 2 aliphatic carbocycles. The average Bonchev–Trinajstić information content (AvgIpc) is 3.91. The van der Waals surface area contributed by atoms with Gasteiger partial charge >= 0.3 is 0 Å². The first kappa shape index (κ1) is 50.9. The van der Waals surface area contributed by atoms with Crippen LogP contribution in [0.25, 0.3) is 45.9 Å². The number of para-hydroxylation sites is 1. The zero-order chi connectivity index (χ0) is 49.5. The van der Waals surface area contributed by atoms with Crippen LogP contribution in [0.15, 0.2) is 212 Å². The van der Waals surface area contributed by atoms with Crippen LogP contribution in [-0.2, 0) is 11.8 Å². The van der Waals surface area contributed by atoms with E-state index in [1.807, 2.05) is 68.5 Å². The van der Waals surface area contributed by atoms with Crippen LogP contribution in [0.2, 0.25) is 0 Å². The van der Waals surface area contributed by atoms with Crippen LogP contribution >= 0.6 is 0 Å². The third-order valence-corrected chi connectivity index (χ3v) is 13.0. The number of rotatable bonds is 8. The second kappa shape index (κ2) is 24.0. The summed E-state index contributed by atoms with van der Waals surface area (Å²) in [7, 11) is 0. The Labute approximate surface area is 414 Å². The smallest absolute Gasteiger partial charge is 0.135 e. The number of aryl methyl sites for hydroxylation is 6. The maximum atomic E-state index is 5.70. The first-order valence-corrected chi connectivity index (χ1v) is 24.5. The van der Waals surface area contributed by atoms with Gasteiger partial charge in [-0.1, -0.05) is 246 Å². The summed E-state index contributed by atoms with van der Waals surface area (Å²) in [4.78, 5) is 0. The molecular weight excluding hydrogens is 833 g/mol. The molecule has 7 aromatic carbocycles. The maximum Gasteiger partial charge on any atom is 0.135 e. The van der Waals surface area contributed by atoms with E-state index < -0.39 is 0 Å². The minimum Gasteiger partial charge on any atom is -0.456 e. The highest BCUT2D eigenvalue weighted by Gasteiger charge is 2.47. The third-order valence-electron chi connectivity index (χ3n) is 13.0. The minimum atomic E-state index is -0.374. The summed E-state index contributed by atoms with van der Waals surface area (Å²) < 4.78 is 5.70. The standard InChI is InChI=1S/C31H26.C16H20.C12H10O.C7H8.C2H6/c1-5-25-22(4)20-29-30(26(25)6-2)27-18-17-21(3)19-28(27)31(29,23-13-9-7-10-14-23)24-15-11-8-12-16-24;1-6-14(7-2)15(8-3)16-11-12(4)9-10-13(16)5;1-3-7-11-9(5-1)10-6-2-4-8-12(10)13-11;1-7-5-3-2-4-6-7;1-2/h5-20H,1-2H2,3-4H3;6,8-11H,1,3,7H2,2,4-5H3;1,3-5,7-8H,2,6H2;2-6H,1H3;1-2H3/b;15-14-;;;. The zero-order valence-electron chi connectivity index (χ0n) is 42.3. The molecule has 348 valence electrons. The van der Waals surface area contributed by atoms with Gasteiger partial charge in [-0.2, -0.15) is 0 Å². The fourth-order valence-electron chi connectivity index (χ4n) is 9.77. The molecule has 69 heavy (non-hydrogen) atoms. The summed E-state index contributed by atoms with van der Waals surface area (Å²) in [5.74, 6) is 1.05. The predicted octanol–water partition coefficient (Wildman–Crippen LogP) is 19.2. The monoisotopic (exact) mass is 903 g/mol. The summed E-state index contributed by atoms with van der Waals surface area (Å²) in [6.45, 7) is 32.9. The van der Waals surface area contributed by atoms with E-state index >= 15 is 0 Å². The van der Waals surface area contributed by atoms with Crippen molar-refractivity contribution in [2.75, 3.05) is 0 Å². The molecule has 0 N–H and O–H groups in total. The summed E-state index contributed by atoms with van der Waals surface area (Å²) in [6.07, 6.45) is 15.3. The van der Waals surface area contributed by atoms with E-state index in [0.29, 0.717) is 0 Å². The number of hydrogen-bond acceptors (Lipinski definition) is 1. The molecule has 0 atom stereocenters. The van der Waals surface area contributed by atoms with E-state index in [0.717, 1.165) is 36.2 Å². The van der Waals surface area contributed by atoms with Crippen molar-refractivity contribution < 1.29 is 4.42 Å². The topological polar surface area (TPSA) is 13.1 Å². The quantitative estimate of drug-likeness (QED) is 0.139. The van der Waals surface area contributed by atoms with Crippen molar-refractivity contribution in [3.8, 4) is 11.1 Å². The van der Waals surface area contributed by atoms with Gasteiger partial charge < -0.3 is 4.42 Å². The summed E-state index contributed by atoms with van der Waals surface area (Å²) in [6, 6.07) is 56.1. The normalized spacial score (nSPS) is 12.5. The van der Waals surface area contributed by atoms with Gasteiger partial charge in [-0.3, -0.25) is 0 Å². The van der Waals surface area contributed by atoms with Crippen LogP contribution in [0.3, 0.4) is 0 Å². The zero-order valence-corrected chi connectivity index (χ0v) is 42.3. The lowest BCUT2D eigenvalue weighted by atomic mass is 9.67. The van der Waals surface area contributed by atoms with Gasteiger partial charge in [0.2, 0.25) is 0 Å². The molecule has 0 radical (unpaired) electrons. The van der Waals surface area contributed by atoms with Gasteiger partial charge in [0.1, 0.15) is 11.3 Å². The van der Waals surface area contributed by atoms with Gasteiger partial charge in [0, 0.05) is 10.9 Å². The lowest BCUT2D eigenvalue weighted by Gasteiger charge is -2.34. The van der Waals surface area contributed by atoms with Gasteiger partial charge in [0.15, 0.2) is 0 Å². The molecular formula is C68H70O. The van der Waals surface area contributed by atoms with E-state index in [1.54, 1.807) is 0 Å². The second-order valence-electron chi connectivity index (χ2n) is 17.4. The lowest BCUT2D eigenvalue weighted by molar-refractivity contribution is 0.595. The highest BCUT2D eigenvalue weighted by molar-refractivity contribution is 5.94. The number of hydrogen-bond donors (Lipinski definition) is 0. The van der Waals surface area contributed by atoms with Crippen LogP contribution < -0.4 is 0 Å². The van der Waals surface area contributed by atoms with Gasteiger partial charge in [-0.05, 0) is 138 Å². The minimum absolute atomic E-state index is 0.374. The highest BCUT2D eigenvalue weighted by Crippen LogP contribution is 2.58. The first-order valence-electron chi connectivity index (χ1n) is 24.5. The Hall–Kier alpha value is -7.48. The number of allylic oxidation sites excluding steroid dienone is 5. The molecule has 2 aliphatic rings. The molecule has 0 unspecified atom stereocenters. The SMILES string of the molecule is C1=Cc2oc3ccccc3c2CC1.C=C/C(CC)=C(\C=C)c1cc(C)ccc1C.C=Cc1c(C)cc2c(c1C=C)-c1ccc(C)cc1C2(c1ccccc1)c1ccccc1.CC.Cc1ccccc1. The van der Waals surface area contributed by atoms with E-state index in [1.165, 1.54) is 94.4 Å². The molecule has 0 amide bonds. The molecule has 0 bridgehead atoms. The lowest BCUT2D eigenvalue weighted by Crippen LogP contribution is -2.28. The maximum absolute atomic E-state index is 5.70. The molecule has 1 heterocycles. The van der Waals surface area contributed by atoms with Crippen molar-refractivity contribution in [3.63, 3.8) is 0 Å². The summed E-state index contributed by atoms with van der Waals surface area (Å²) in [5, 5.41) is 1.28. The van der Waals surface area contributed by atoms with E-state index in [2.05, 4.69) is 207 Å². The molecule has 1 heteroatoms. The van der Waals surface area contributed by atoms with Gasteiger partial charge in [-0.25, -0.2) is 0 Å². The van der Waals surface area contributed by atoms with E-state index in [9.17, 15) is 0 Å². The number of furan rings is 1. The molecule has 0 spiro atoms. The second-order valence-corrected chi connectivity index (χ2v) is 17.4.